The van der Waals surface area contributed by atoms with E-state index in [2.05, 4.69) is 21.4 Å². The van der Waals surface area contributed by atoms with Gasteiger partial charge in [0.1, 0.15) is 11.6 Å². The summed E-state index contributed by atoms with van der Waals surface area (Å²) >= 11 is 1.57. The zero-order valence-corrected chi connectivity index (χ0v) is 21.0. The molecule has 4 aromatic rings. The first-order valence-electron chi connectivity index (χ1n) is 11.6. The molecule has 8 heteroatoms. The standard InChI is InChI=1S/C27H27N5O2S/c1-16(2)34-21-13-9-8-12-20(21)25-23-24(19-10-6-5-7-11-19)31-32(26(23)30-22(33)15-35-25)27-28-17(3)14-18(4)29-27/h5-14,16,25H,15H2,1-4H3,(H,30,33)/t25-/m0/s1. The molecule has 0 fully saturated rings. The lowest BCUT2D eigenvalue weighted by Crippen LogP contribution is -2.17. The van der Waals surface area contributed by atoms with Crippen molar-refractivity contribution in [2.45, 2.75) is 39.0 Å². The quantitative estimate of drug-likeness (QED) is 0.402. The number of aromatic nitrogens is 4. The summed E-state index contributed by atoms with van der Waals surface area (Å²) in [5, 5.41) is 7.89. The summed E-state index contributed by atoms with van der Waals surface area (Å²) in [6, 6.07) is 19.9. The zero-order valence-electron chi connectivity index (χ0n) is 20.1. The highest BCUT2D eigenvalue weighted by Crippen LogP contribution is 2.48. The molecule has 0 bridgehead atoms. The zero-order chi connectivity index (χ0) is 24.5. The van der Waals surface area contributed by atoms with Gasteiger partial charge < -0.3 is 10.1 Å². The van der Waals surface area contributed by atoms with E-state index in [0.29, 0.717) is 17.5 Å². The van der Waals surface area contributed by atoms with Crippen LogP contribution in [0.3, 0.4) is 0 Å². The molecule has 7 nitrogen and oxygen atoms in total. The van der Waals surface area contributed by atoms with Gasteiger partial charge in [-0.1, -0.05) is 48.5 Å². The Hall–Kier alpha value is -3.65. The Balaban J connectivity index is 1.79. The molecule has 1 N–H and O–H groups in total. The topological polar surface area (TPSA) is 81.9 Å². The van der Waals surface area contributed by atoms with E-state index >= 15 is 0 Å². The van der Waals surface area contributed by atoms with E-state index in [1.165, 1.54) is 0 Å². The van der Waals surface area contributed by atoms with Crippen molar-refractivity contribution in [3.63, 3.8) is 0 Å². The van der Waals surface area contributed by atoms with E-state index in [9.17, 15) is 4.79 Å². The van der Waals surface area contributed by atoms with Crippen molar-refractivity contribution in [2.24, 2.45) is 0 Å². The molecule has 0 aliphatic carbocycles. The second kappa shape index (κ2) is 9.54. The van der Waals surface area contributed by atoms with Crippen LogP contribution in [0, 0.1) is 13.8 Å². The second-order valence-electron chi connectivity index (χ2n) is 8.78. The van der Waals surface area contributed by atoms with Gasteiger partial charge in [0.05, 0.1) is 22.8 Å². The Morgan fingerprint density at radius 1 is 1.03 bits per heavy atom. The number of rotatable bonds is 5. The molecular formula is C27H27N5O2S. The molecule has 178 valence electrons. The Bertz CT molecular complexity index is 1360. The van der Waals surface area contributed by atoms with E-state index in [4.69, 9.17) is 9.84 Å². The lowest BCUT2D eigenvalue weighted by atomic mass is 9.99. The van der Waals surface area contributed by atoms with Crippen molar-refractivity contribution in [3.8, 4) is 23.0 Å². The number of nitrogens with zero attached hydrogens (tertiary/aromatic N) is 4. The Kier molecular flexibility index (Phi) is 6.30. The van der Waals surface area contributed by atoms with E-state index in [0.717, 1.165) is 39.5 Å². The highest BCUT2D eigenvalue weighted by atomic mass is 32.2. The van der Waals surface area contributed by atoms with E-state index in [-0.39, 0.29) is 17.3 Å². The third kappa shape index (κ3) is 4.66. The minimum atomic E-state index is -0.186. The van der Waals surface area contributed by atoms with Gasteiger partial charge in [-0.2, -0.15) is 9.78 Å². The van der Waals surface area contributed by atoms with Crippen LogP contribution >= 0.6 is 11.8 Å². The first-order chi connectivity index (χ1) is 16.9. The minimum Gasteiger partial charge on any atom is -0.491 e. The summed E-state index contributed by atoms with van der Waals surface area (Å²) in [4.78, 5) is 22.2. The van der Waals surface area contributed by atoms with Crippen LogP contribution in [0.15, 0.2) is 60.7 Å². The van der Waals surface area contributed by atoms with E-state index < -0.39 is 0 Å². The van der Waals surface area contributed by atoms with Gasteiger partial charge >= 0.3 is 0 Å². The smallest absolute Gasteiger partial charge is 0.252 e. The number of amides is 1. The average Bonchev–Trinajstić information content (AvgIpc) is 3.10. The molecular weight excluding hydrogens is 458 g/mol. The maximum atomic E-state index is 12.9. The van der Waals surface area contributed by atoms with Gasteiger partial charge in [0, 0.05) is 28.1 Å². The largest absolute Gasteiger partial charge is 0.491 e. The first-order valence-corrected chi connectivity index (χ1v) is 12.6. The van der Waals surface area contributed by atoms with Crippen LogP contribution in [-0.2, 0) is 4.79 Å². The predicted octanol–water partition coefficient (Wildman–Crippen LogP) is 5.51. The third-order valence-corrected chi connectivity index (χ3v) is 6.85. The Morgan fingerprint density at radius 2 is 1.71 bits per heavy atom. The predicted molar refractivity (Wildman–Crippen MR) is 139 cm³/mol. The van der Waals surface area contributed by atoms with Crippen molar-refractivity contribution in [2.75, 3.05) is 11.1 Å². The summed E-state index contributed by atoms with van der Waals surface area (Å²) in [5.74, 6) is 2.03. The monoisotopic (exact) mass is 485 g/mol. The maximum absolute atomic E-state index is 12.9. The Labute approximate surface area is 209 Å². The molecule has 5 rings (SSSR count). The van der Waals surface area contributed by atoms with Crippen LogP contribution in [0.2, 0.25) is 0 Å². The molecule has 2 aromatic heterocycles. The number of hydrogen-bond acceptors (Lipinski definition) is 6. The first kappa shape index (κ1) is 23.1. The van der Waals surface area contributed by atoms with Gasteiger partial charge in [-0.05, 0) is 39.8 Å². The number of carbonyl (C=O) groups excluding carboxylic acids is 1. The fourth-order valence-electron chi connectivity index (χ4n) is 4.27. The minimum absolute atomic E-state index is 0.0196. The maximum Gasteiger partial charge on any atom is 0.252 e. The third-order valence-electron chi connectivity index (χ3n) is 5.59. The molecule has 2 aromatic carbocycles. The number of anilines is 1. The van der Waals surface area contributed by atoms with Gasteiger partial charge in [-0.3, -0.25) is 4.79 Å². The molecule has 0 saturated heterocycles. The van der Waals surface area contributed by atoms with Crippen LogP contribution in [-0.4, -0.2) is 37.5 Å². The summed E-state index contributed by atoms with van der Waals surface area (Å²) in [5.41, 5.74) is 5.31. The van der Waals surface area contributed by atoms with Gasteiger partial charge in [0.2, 0.25) is 5.91 Å². The molecule has 0 unspecified atom stereocenters. The van der Waals surface area contributed by atoms with Crippen molar-refractivity contribution >= 4 is 23.5 Å². The second-order valence-corrected chi connectivity index (χ2v) is 9.88. The van der Waals surface area contributed by atoms with Crippen molar-refractivity contribution in [1.29, 1.82) is 0 Å². The van der Waals surface area contributed by atoms with Crippen molar-refractivity contribution in [1.82, 2.24) is 19.7 Å². The summed E-state index contributed by atoms with van der Waals surface area (Å²) in [6.45, 7) is 7.88. The van der Waals surface area contributed by atoms with E-state index in [1.807, 2.05) is 82.3 Å². The summed E-state index contributed by atoms with van der Waals surface area (Å²) in [6.07, 6.45) is 0.0196. The van der Waals surface area contributed by atoms with Gasteiger partial charge in [0.15, 0.2) is 0 Å². The molecule has 0 spiro atoms. The molecule has 1 atom stereocenters. The fourth-order valence-corrected chi connectivity index (χ4v) is 5.42. The van der Waals surface area contributed by atoms with Crippen molar-refractivity contribution in [3.05, 3.63) is 83.2 Å². The number of nitrogens with one attached hydrogen (secondary N) is 1. The molecule has 3 heterocycles. The summed E-state index contributed by atoms with van der Waals surface area (Å²) < 4.78 is 7.85. The van der Waals surface area contributed by atoms with Gasteiger partial charge in [0.25, 0.3) is 5.95 Å². The number of benzene rings is 2. The SMILES string of the molecule is Cc1cc(C)nc(-n2nc(-c3ccccc3)c3c2NC(=O)CS[C@H]3c2ccccc2OC(C)C)n1. The number of aryl methyl sites for hydroxylation is 2. The molecule has 35 heavy (non-hydrogen) atoms. The van der Waals surface area contributed by atoms with E-state index in [1.54, 1.807) is 16.4 Å². The van der Waals surface area contributed by atoms with Gasteiger partial charge in [-0.25, -0.2) is 9.97 Å². The van der Waals surface area contributed by atoms with Crippen LogP contribution < -0.4 is 10.1 Å². The molecule has 1 aliphatic heterocycles. The molecule has 1 aliphatic rings. The highest BCUT2D eigenvalue weighted by molar-refractivity contribution is 8.00. The van der Waals surface area contributed by atoms with Crippen LogP contribution in [0.5, 0.6) is 5.75 Å². The molecule has 0 radical (unpaired) electrons. The number of carbonyl (C=O) groups is 1. The Morgan fingerprint density at radius 3 is 2.43 bits per heavy atom. The number of thioether (sulfide) groups is 1. The van der Waals surface area contributed by atoms with Gasteiger partial charge in [-0.15, -0.1) is 11.8 Å². The number of fused-ring (bicyclic) bond motifs is 1. The number of hydrogen-bond donors (Lipinski definition) is 1. The van der Waals surface area contributed by atoms with Crippen molar-refractivity contribution < 1.29 is 9.53 Å². The lowest BCUT2D eigenvalue weighted by molar-refractivity contribution is -0.113. The average molecular weight is 486 g/mol. The molecule has 1 amide bonds. The highest BCUT2D eigenvalue weighted by Gasteiger charge is 2.34. The summed E-state index contributed by atoms with van der Waals surface area (Å²) in [7, 11) is 0. The van der Waals surface area contributed by atoms with Crippen LogP contribution in [0.25, 0.3) is 17.2 Å². The normalized spacial score (nSPS) is 15.5. The number of ether oxygens (including phenoxy) is 1. The van der Waals surface area contributed by atoms with Crippen LogP contribution in [0.4, 0.5) is 5.82 Å². The van der Waals surface area contributed by atoms with Crippen LogP contribution in [0.1, 0.15) is 41.6 Å². The molecule has 0 saturated carbocycles. The lowest BCUT2D eigenvalue weighted by Gasteiger charge is -2.21. The fraction of sp³-hybridized carbons (Fsp3) is 0.259. The number of para-hydroxylation sites is 1.